The average Bonchev–Trinajstić information content (AvgIpc) is 2.28. The van der Waals surface area contributed by atoms with Crippen molar-refractivity contribution in [1.29, 1.82) is 0 Å². The van der Waals surface area contributed by atoms with Crippen LogP contribution in [0.1, 0.15) is 11.1 Å². The summed E-state index contributed by atoms with van der Waals surface area (Å²) in [6.45, 7) is 3.80. The Labute approximate surface area is 98.3 Å². The van der Waals surface area contributed by atoms with E-state index in [0.29, 0.717) is 5.75 Å². The molecule has 2 N–H and O–H groups in total. The van der Waals surface area contributed by atoms with Gasteiger partial charge in [-0.2, -0.15) is 9.37 Å². The Morgan fingerprint density at radius 1 is 1.29 bits per heavy atom. The number of nitrogen functional groups attached to an aromatic ring is 1. The number of hydrogen-bond donors (Lipinski definition) is 1. The highest BCUT2D eigenvalue weighted by Gasteiger charge is 2.09. The monoisotopic (exact) mass is 233 g/mol. The Bertz CT molecular complexity index is 508. The van der Waals surface area contributed by atoms with Gasteiger partial charge < -0.3 is 10.5 Å². The highest BCUT2D eigenvalue weighted by Crippen LogP contribution is 2.26. The number of hydrogen-bond acceptors (Lipinski definition) is 4. The van der Waals surface area contributed by atoms with Gasteiger partial charge in [-0.15, -0.1) is 0 Å². The van der Waals surface area contributed by atoms with Crippen LogP contribution in [0.15, 0.2) is 24.4 Å². The third-order valence-electron chi connectivity index (χ3n) is 2.28. The maximum absolute atomic E-state index is 13.4. The van der Waals surface area contributed by atoms with E-state index in [1.54, 1.807) is 0 Å². The molecule has 0 amide bonds. The first-order chi connectivity index (χ1) is 8.06. The van der Waals surface area contributed by atoms with E-state index in [0.717, 1.165) is 17.3 Å². The fourth-order valence-corrected chi connectivity index (χ4v) is 1.36. The van der Waals surface area contributed by atoms with Crippen LogP contribution in [0.4, 0.5) is 10.3 Å². The maximum Gasteiger partial charge on any atom is 0.260 e. The summed E-state index contributed by atoms with van der Waals surface area (Å²) < 4.78 is 18.8. The lowest BCUT2D eigenvalue weighted by Gasteiger charge is -2.09. The second-order valence-electron chi connectivity index (χ2n) is 3.75. The summed E-state index contributed by atoms with van der Waals surface area (Å²) >= 11 is 0. The molecule has 0 spiro atoms. The van der Waals surface area contributed by atoms with Gasteiger partial charge in [0.25, 0.3) is 5.88 Å². The lowest BCUT2D eigenvalue weighted by atomic mass is 10.1. The van der Waals surface area contributed by atoms with Crippen LogP contribution in [0.5, 0.6) is 11.6 Å². The molecule has 88 valence electrons. The van der Waals surface area contributed by atoms with Crippen LogP contribution in [-0.2, 0) is 0 Å². The zero-order chi connectivity index (χ0) is 12.4. The van der Waals surface area contributed by atoms with E-state index in [2.05, 4.69) is 9.97 Å². The van der Waals surface area contributed by atoms with Crippen molar-refractivity contribution in [3.8, 4) is 11.6 Å². The quantitative estimate of drug-likeness (QED) is 0.866. The normalized spacial score (nSPS) is 10.3. The summed E-state index contributed by atoms with van der Waals surface area (Å²) in [4.78, 5) is 7.24. The molecule has 0 aliphatic carbocycles. The van der Waals surface area contributed by atoms with Crippen LogP contribution in [0.2, 0.25) is 0 Å². The topological polar surface area (TPSA) is 61.0 Å². The largest absolute Gasteiger partial charge is 0.436 e. The molecule has 0 unspecified atom stereocenters. The summed E-state index contributed by atoms with van der Waals surface area (Å²) in [7, 11) is 0. The highest BCUT2D eigenvalue weighted by atomic mass is 19.1. The summed E-state index contributed by atoms with van der Waals surface area (Å²) in [5.41, 5.74) is 7.30. The molecule has 2 aromatic rings. The number of ether oxygens (including phenoxy) is 1. The van der Waals surface area contributed by atoms with Gasteiger partial charge in [-0.05, 0) is 31.0 Å². The van der Waals surface area contributed by atoms with Crippen molar-refractivity contribution in [2.75, 3.05) is 5.73 Å². The van der Waals surface area contributed by atoms with Crippen LogP contribution in [0, 0.1) is 19.7 Å². The van der Waals surface area contributed by atoms with Crippen LogP contribution < -0.4 is 10.5 Å². The molecule has 1 heterocycles. The standard InChI is InChI=1S/C12H12FN3O/c1-7-3-4-8(2)10(5-7)17-11-9(13)6-15-12(14)16-11/h3-6H,1-2H3,(H2,14,15,16). The summed E-state index contributed by atoms with van der Waals surface area (Å²) in [6.07, 6.45) is 0.989. The van der Waals surface area contributed by atoms with Crippen LogP contribution in [-0.4, -0.2) is 9.97 Å². The molecule has 0 aliphatic rings. The fourth-order valence-electron chi connectivity index (χ4n) is 1.36. The smallest absolute Gasteiger partial charge is 0.260 e. The Morgan fingerprint density at radius 2 is 2.06 bits per heavy atom. The van der Waals surface area contributed by atoms with Gasteiger partial charge in [-0.3, -0.25) is 0 Å². The molecule has 0 saturated carbocycles. The van der Waals surface area contributed by atoms with Gasteiger partial charge in [-0.25, -0.2) is 4.98 Å². The van der Waals surface area contributed by atoms with Crippen LogP contribution >= 0.6 is 0 Å². The number of halogens is 1. The van der Waals surface area contributed by atoms with Crippen molar-refractivity contribution in [2.45, 2.75) is 13.8 Å². The molecule has 0 saturated heterocycles. The maximum atomic E-state index is 13.4. The van der Waals surface area contributed by atoms with Crippen molar-refractivity contribution in [2.24, 2.45) is 0 Å². The zero-order valence-corrected chi connectivity index (χ0v) is 9.57. The number of anilines is 1. The summed E-state index contributed by atoms with van der Waals surface area (Å²) in [5.74, 6) is -0.264. The predicted octanol–water partition coefficient (Wildman–Crippen LogP) is 2.61. The molecule has 4 nitrogen and oxygen atoms in total. The lowest BCUT2D eigenvalue weighted by Crippen LogP contribution is -2.00. The van der Waals surface area contributed by atoms with Crippen LogP contribution in [0.25, 0.3) is 0 Å². The van der Waals surface area contributed by atoms with Crippen molar-refractivity contribution < 1.29 is 9.13 Å². The molecule has 5 heteroatoms. The number of nitrogens with zero attached hydrogens (tertiary/aromatic N) is 2. The number of benzene rings is 1. The molecule has 0 radical (unpaired) electrons. The SMILES string of the molecule is Cc1ccc(C)c(Oc2nc(N)ncc2F)c1. The van der Waals surface area contributed by atoms with Gasteiger partial charge in [0, 0.05) is 0 Å². The molecule has 0 aliphatic heterocycles. The molecule has 2 rings (SSSR count). The highest BCUT2D eigenvalue weighted by molar-refractivity contribution is 5.39. The van der Waals surface area contributed by atoms with E-state index in [-0.39, 0.29) is 11.8 Å². The first-order valence-corrected chi connectivity index (χ1v) is 5.09. The van der Waals surface area contributed by atoms with Gasteiger partial charge in [0.1, 0.15) is 5.75 Å². The van der Waals surface area contributed by atoms with Gasteiger partial charge >= 0.3 is 0 Å². The van der Waals surface area contributed by atoms with Crippen molar-refractivity contribution in [3.05, 3.63) is 41.3 Å². The second kappa shape index (κ2) is 4.37. The minimum Gasteiger partial charge on any atom is -0.436 e. The summed E-state index contributed by atoms with van der Waals surface area (Å²) in [5, 5.41) is 0. The first-order valence-electron chi connectivity index (χ1n) is 5.09. The van der Waals surface area contributed by atoms with E-state index in [4.69, 9.17) is 10.5 Å². The molecule has 0 bridgehead atoms. The zero-order valence-electron chi connectivity index (χ0n) is 9.57. The first kappa shape index (κ1) is 11.3. The van der Waals surface area contributed by atoms with E-state index in [1.165, 1.54) is 0 Å². The molecule has 1 aromatic carbocycles. The van der Waals surface area contributed by atoms with Crippen molar-refractivity contribution in [1.82, 2.24) is 9.97 Å². The van der Waals surface area contributed by atoms with Gasteiger partial charge in [0.2, 0.25) is 11.8 Å². The lowest BCUT2D eigenvalue weighted by molar-refractivity contribution is 0.418. The minimum atomic E-state index is -0.639. The van der Waals surface area contributed by atoms with E-state index in [9.17, 15) is 4.39 Å². The Morgan fingerprint density at radius 3 is 2.82 bits per heavy atom. The van der Waals surface area contributed by atoms with Gasteiger partial charge in [-0.1, -0.05) is 12.1 Å². The molecule has 0 fully saturated rings. The van der Waals surface area contributed by atoms with Crippen molar-refractivity contribution >= 4 is 5.95 Å². The van der Waals surface area contributed by atoms with E-state index in [1.807, 2.05) is 32.0 Å². The summed E-state index contributed by atoms with van der Waals surface area (Å²) in [6, 6.07) is 5.66. The number of rotatable bonds is 2. The number of nitrogens with two attached hydrogens (primary N) is 1. The minimum absolute atomic E-state index is 0.0216. The number of aryl methyl sites for hydroxylation is 2. The Balaban J connectivity index is 2.37. The van der Waals surface area contributed by atoms with Crippen LogP contribution in [0.3, 0.4) is 0 Å². The van der Waals surface area contributed by atoms with Gasteiger partial charge in [0.15, 0.2) is 0 Å². The molecule has 0 atom stereocenters. The van der Waals surface area contributed by atoms with Gasteiger partial charge in [0.05, 0.1) is 6.20 Å². The van der Waals surface area contributed by atoms with Crippen molar-refractivity contribution in [3.63, 3.8) is 0 Å². The second-order valence-corrected chi connectivity index (χ2v) is 3.75. The average molecular weight is 233 g/mol. The third kappa shape index (κ3) is 2.50. The van der Waals surface area contributed by atoms with E-state index < -0.39 is 5.82 Å². The third-order valence-corrected chi connectivity index (χ3v) is 2.28. The molecular formula is C12H12FN3O. The Kier molecular flexibility index (Phi) is 2.91. The molecular weight excluding hydrogens is 221 g/mol. The molecule has 17 heavy (non-hydrogen) atoms. The Hall–Kier alpha value is -2.17. The predicted molar refractivity (Wildman–Crippen MR) is 62.4 cm³/mol. The van der Waals surface area contributed by atoms with E-state index >= 15 is 0 Å². The number of aromatic nitrogens is 2. The fraction of sp³-hybridized carbons (Fsp3) is 0.167. The molecule has 1 aromatic heterocycles.